The zero-order valence-electron chi connectivity index (χ0n) is 20.0. The van der Waals surface area contributed by atoms with Gasteiger partial charge in [0.1, 0.15) is 17.3 Å². The van der Waals surface area contributed by atoms with Crippen molar-refractivity contribution in [2.24, 2.45) is 0 Å². The van der Waals surface area contributed by atoms with Crippen molar-refractivity contribution < 1.29 is 19.0 Å². The Kier molecular flexibility index (Phi) is 9.77. The van der Waals surface area contributed by atoms with Gasteiger partial charge in [0.15, 0.2) is 17.4 Å². The average Bonchev–Trinajstić information content (AvgIpc) is 3.21. The van der Waals surface area contributed by atoms with E-state index in [0.29, 0.717) is 49.0 Å². The molecule has 0 bridgehead atoms. The lowest BCUT2D eigenvalue weighted by atomic mass is 10.3. The summed E-state index contributed by atoms with van der Waals surface area (Å²) >= 11 is 1.59. The van der Waals surface area contributed by atoms with Gasteiger partial charge in [0.25, 0.3) is 5.91 Å². The van der Waals surface area contributed by atoms with Crippen LogP contribution in [0.2, 0.25) is 0 Å². The van der Waals surface area contributed by atoms with Crippen molar-refractivity contribution in [2.75, 3.05) is 45.3 Å². The minimum Gasteiger partial charge on any atom is -0.494 e. The van der Waals surface area contributed by atoms with Crippen molar-refractivity contribution >= 4 is 34.5 Å². The summed E-state index contributed by atoms with van der Waals surface area (Å²) in [6.07, 6.45) is 1.74. The van der Waals surface area contributed by atoms with E-state index in [0.717, 1.165) is 22.6 Å². The molecule has 3 aromatic rings. The minimum absolute atomic E-state index is 0.0707. The predicted molar refractivity (Wildman–Crippen MR) is 133 cm³/mol. The fraction of sp³-hybridized carbons (Fsp3) is 0.478. The molecule has 0 saturated carbocycles. The van der Waals surface area contributed by atoms with Crippen LogP contribution in [0.15, 0.2) is 35.6 Å². The Morgan fingerprint density at radius 2 is 1.85 bits per heavy atom. The number of hydrogen-bond acceptors (Lipinski definition) is 9. The number of ether oxygens (including phenoxy) is 3. The van der Waals surface area contributed by atoms with Gasteiger partial charge in [-0.3, -0.25) is 4.79 Å². The molecule has 0 spiro atoms. The molecule has 1 amide bonds. The SMILES string of the molecule is CCOc1ccc(OCC(=O)NCCn2ncc3c(NCCOC)nc(SC(C)C)nc32)cc1. The summed E-state index contributed by atoms with van der Waals surface area (Å²) in [5.74, 6) is 1.89. The van der Waals surface area contributed by atoms with Crippen LogP contribution in [0.4, 0.5) is 5.82 Å². The van der Waals surface area contributed by atoms with E-state index in [1.54, 1.807) is 41.9 Å². The third-order valence-corrected chi connectivity index (χ3v) is 5.43. The zero-order valence-corrected chi connectivity index (χ0v) is 20.9. The highest BCUT2D eigenvalue weighted by Crippen LogP contribution is 2.26. The zero-order chi connectivity index (χ0) is 24.3. The predicted octanol–water partition coefficient (Wildman–Crippen LogP) is 2.98. The molecule has 11 heteroatoms. The van der Waals surface area contributed by atoms with Crippen LogP contribution in [-0.2, 0) is 16.1 Å². The Hall–Kier alpha value is -3.05. The molecule has 3 rings (SSSR count). The van der Waals surface area contributed by atoms with Gasteiger partial charge < -0.3 is 24.8 Å². The van der Waals surface area contributed by atoms with Crippen LogP contribution in [-0.4, -0.2) is 70.9 Å². The molecule has 0 aliphatic rings. The third kappa shape index (κ3) is 7.49. The average molecular weight is 489 g/mol. The summed E-state index contributed by atoms with van der Waals surface area (Å²) in [4.78, 5) is 21.5. The van der Waals surface area contributed by atoms with Crippen LogP contribution < -0.4 is 20.1 Å². The van der Waals surface area contributed by atoms with Crippen LogP contribution in [0, 0.1) is 0 Å². The van der Waals surface area contributed by atoms with Crippen molar-refractivity contribution in [2.45, 2.75) is 37.7 Å². The third-order valence-electron chi connectivity index (χ3n) is 4.57. The van der Waals surface area contributed by atoms with E-state index in [1.807, 2.05) is 19.1 Å². The highest BCUT2D eigenvalue weighted by atomic mass is 32.2. The number of fused-ring (bicyclic) bond motifs is 1. The van der Waals surface area contributed by atoms with Crippen LogP contribution in [0.5, 0.6) is 11.5 Å². The number of nitrogens with zero attached hydrogens (tertiary/aromatic N) is 4. The Morgan fingerprint density at radius 1 is 1.12 bits per heavy atom. The molecule has 2 aromatic heterocycles. The number of carbonyl (C=O) groups excluding carboxylic acids is 1. The summed E-state index contributed by atoms with van der Waals surface area (Å²) < 4.78 is 17.8. The Bertz CT molecular complexity index is 1060. The number of thioether (sulfide) groups is 1. The molecule has 2 heterocycles. The Balaban J connectivity index is 1.57. The first kappa shape index (κ1) is 25.6. The number of nitrogens with one attached hydrogen (secondary N) is 2. The lowest BCUT2D eigenvalue weighted by Crippen LogP contribution is -2.31. The first-order valence-corrected chi connectivity index (χ1v) is 12.1. The highest BCUT2D eigenvalue weighted by Gasteiger charge is 2.14. The summed E-state index contributed by atoms with van der Waals surface area (Å²) in [5.41, 5.74) is 0.720. The molecule has 184 valence electrons. The first-order chi connectivity index (χ1) is 16.5. The quantitative estimate of drug-likeness (QED) is 0.201. The molecule has 0 aliphatic carbocycles. The second-order valence-corrected chi connectivity index (χ2v) is 9.13. The number of rotatable bonds is 14. The molecular formula is C23H32N6O4S. The number of amides is 1. The van der Waals surface area contributed by atoms with Gasteiger partial charge in [-0.25, -0.2) is 14.6 Å². The van der Waals surface area contributed by atoms with Gasteiger partial charge >= 0.3 is 0 Å². The van der Waals surface area contributed by atoms with E-state index in [2.05, 4.69) is 34.6 Å². The molecule has 34 heavy (non-hydrogen) atoms. The molecule has 0 unspecified atom stereocenters. The van der Waals surface area contributed by atoms with E-state index >= 15 is 0 Å². The topological polar surface area (TPSA) is 112 Å². The maximum absolute atomic E-state index is 12.2. The summed E-state index contributed by atoms with van der Waals surface area (Å²) in [5, 5.41) is 12.5. The van der Waals surface area contributed by atoms with Crippen LogP contribution in [0.1, 0.15) is 20.8 Å². The summed E-state index contributed by atoms with van der Waals surface area (Å²) in [6, 6.07) is 7.18. The molecule has 0 radical (unpaired) electrons. The number of aromatic nitrogens is 4. The number of methoxy groups -OCH3 is 1. The van der Waals surface area contributed by atoms with Gasteiger partial charge in [0.2, 0.25) is 0 Å². The van der Waals surface area contributed by atoms with Gasteiger partial charge in [-0.1, -0.05) is 25.6 Å². The van der Waals surface area contributed by atoms with Gasteiger partial charge in [-0.15, -0.1) is 0 Å². The smallest absolute Gasteiger partial charge is 0.258 e. The highest BCUT2D eigenvalue weighted by molar-refractivity contribution is 7.99. The Labute approximate surface area is 203 Å². The molecular weight excluding hydrogens is 456 g/mol. The van der Waals surface area contributed by atoms with E-state index < -0.39 is 0 Å². The Morgan fingerprint density at radius 3 is 2.53 bits per heavy atom. The van der Waals surface area contributed by atoms with E-state index in [-0.39, 0.29) is 12.5 Å². The van der Waals surface area contributed by atoms with Gasteiger partial charge in [-0.2, -0.15) is 5.10 Å². The lowest BCUT2D eigenvalue weighted by molar-refractivity contribution is -0.123. The molecule has 0 saturated heterocycles. The second kappa shape index (κ2) is 13.0. The van der Waals surface area contributed by atoms with Crippen molar-refractivity contribution in [1.29, 1.82) is 0 Å². The van der Waals surface area contributed by atoms with Crippen LogP contribution in [0.25, 0.3) is 11.0 Å². The minimum atomic E-state index is -0.210. The summed E-state index contributed by atoms with van der Waals surface area (Å²) in [7, 11) is 1.66. The van der Waals surface area contributed by atoms with Crippen LogP contribution >= 0.6 is 11.8 Å². The molecule has 10 nitrogen and oxygen atoms in total. The van der Waals surface area contributed by atoms with E-state index in [1.165, 1.54) is 0 Å². The standard InChI is InChI=1S/C23H32N6O4S/c1-5-32-17-6-8-18(9-7-17)33-15-20(30)24-10-12-29-22-19(14-26-29)21(25-11-13-31-4)27-23(28-22)34-16(2)3/h6-9,14,16H,5,10-13,15H2,1-4H3,(H,24,30)(H,25,27,28). The number of benzene rings is 1. The number of hydrogen-bond donors (Lipinski definition) is 2. The molecule has 1 aromatic carbocycles. The van der Waals surface area contributed by atoms with E-state index in [4.69, 9.17) is 19.2 Å². The fourth-order valence-electron chi connectivity index (χ4n) is 3.07. The monoisotopic (exact) mass is 488 g/mol. The summed E-state index contributed by atoms with van der Waals surface area (Å²) in [6.45, 7) is 8.71. The molecule has 0 aliphatic heterocycles. The van der Waals surface area contributed by atoms with Gasteiger partial charge in [0.05, 0.1) is 31.3 Å². The van der Waals surface area contributed by atoms with Crippen LogP contribution in [0.3, 0.4) is 0 Å². The largest absolute Gasteiger partial charge is 0.494 e. The first-order valence-electron chi connectivity index (χ1n) is 11.3. The maximum Gasteiger partial charge on any atom is 0.258 e. The van der Waals surface area contributed by atoms with E-state index in [9.17, 15) is 4.79 Å². The lowest BCUT2D eigenvalue weighted by Gasteiger charge is -2.11. The normalized spacial score (nSPS) is 11.1. The second-order valence-electron chi connectivity index (χ2n) is 7.59. The van der Waals surface area contributed by atoms with Crippen molar-refractivity contribution in [3.63, 3.8) is 0 Å². The maximum atomic E-state index is 12.2. The van der Waals surface area contributed by atoms with Crippen molar-refractivity contribution in [1.82, 2.24) is 25.1 Å². The van der Waals surface area contributed by atoms with Crippen molar-refractivity contribution in [3.8, 4) is 11.5 Å². The van der Waals surface area contributed by atoms with Gasteiger partial charge in [-0.05, 0) is 31.2 Å². The number of carbonyl (C=O) groups is 1. The van der Waals surface area contributed by atoms with Crippen molar-refractivity contribution in [3.05, 3.63) is 30.5 Å². The number of anilines is 1. The van der Waals surface area contributed by atoms with Gasteiger partial charge in [0, 0.05) is 25.4 Å². The molecule has 0 atom stereocenters. The fourth-order valence-corrected chi connectivity index (χ4v) is 3.77. The molecule has 0 fully saturated rings. The molecule has 2 N–H and O–H groups in total.